The lowest BCUT2D eigenvalue weighted by atomic mass is 9.81. The number of rotatable bonds is 1. The molecule has 0 unspecified atom stereocenters. The molecule has 15 heavy (non-hydrogen) atoms. The molecule has 0 amide bonds. The minimum atomic E-state index is 0.880. The van der Waals surface area contributed by atoms with E-state index in [0.29, 0.717) is 0 Å². The number of allylic oxidation sites excluding steroid dienone is 2. The van der Waals surface area contributed by atoms with Gasteiger partial charge in [0.2, 0.25) is 0 Å². The van der Waals surface area contributed by atoms with E-state index >= 15 is 0 Å². The quantitative estimate of drug-likeness (QED) is 0.540. The van der Waals surface area contributed by atoms with Gasteiger partial charge in [-0.3, -0.25) is 0 Å². The van der Waals surface area contributed by atoms with E-state index in [-0.39, 0.29) is 0 Å². The second-order valence-electron chi connectivity index (χ2n) is 6.21. The van der Waals surface area contributed by atoms with Gasteiger partial charge in [-0.1, -0.05) is 31.9 Å². The maximum absolute atomic E-state index is 2.47. The molecule has 0 heteroatoms. The van der Waals surface area contributed by atoms with Crippen LogP contribution in [0.25, 0.3) is 0 Å². The van der Waals surface area contributed by atoms with Gasteiger partial charge in [-0.15, -0.1) is 0 Å². The molecule has 0 N–H and O–H groups in total. The Morgan fingerprint density at radius 1 is 1.13 bits per heavy atom. The number of hydrogen-bond donors (Lipinski definition) is 0. The molecular formula is C15H26. The second kappa shape index (κ2) is 4.31. The first-order chi connectivity index (χ1) is 7.09. The van der Waals surface area contributed by atoms with Crippen LogP contribution in [0.4, 0.5) is 0 Å². The molecule has 0 spiro atoms. The average molecular weight is 206 g/mol. The van der Waals surface area contributed by atoms with Crippen molar-refractivity contribution in [3.8, 4) is 0 Å². The van der Waals surface area contributed by atoms with Gasteiger partial charge < -0.3 is 0 Å². The van der Waals surface area contributed by atoms with Crippen LogP contribution in [0.5, 0.6) is 0 Å². The van der Waals surface area contributed by atoms with Crippen LogP contribution < -0.4 is 0 Å². The van der Waals surface area contributed by atoms with Crippen LogP contribution in [-0.4, -0.2) is 0 Å². The summed E-state index contributed by atoms with van der Waals surface area (Å²) in [6.07, 6.45) is 7.15. The molecule has 1 saturated carbocycles. The smallest absolute Gasteiger partial charge is 0.0172 e. The molecule has 0 nitrogen and oxygen atoms in total. The van der Waals surface area contributed by atoms with Gasteiger partial charge in [0.25, 0.3) is 0 Å². The van der Waals surface area contributed by atoms with Crippen molar-refractivity contribution in [2.24, 2.45) is 23.7 Å². The third kappa shape index (κ3) is 2.14. The SMILES string of the molecule is CC1=C2CC[C@@H](C)[C@@H]2C[C@@H](C(C)C)CC1. The van der Waals surface area contributed by atoms with Crippen LogP contribution in [-0.2, 0) is 0 Å². The van der Waals surface area contributed by atoms with Crippen molar-refractivity contribution in [2.45, 2.75) is 59.8 Å². The van der Waals surface area contributed by atoms with Crippen molar-refractivity contribution in [3.05, 3.63) is 11.1 Å². The van der Waals surface area contributed by atoms with Gasteiger partial charge in [-0.05, 0) is 62.7 Å². The molecule has 0 aromatic rings. The van der Waals surface area contributed by atoms with Crippen molar-refractivity contribution in [3.63, 3.8) is 0 Å². The predicted molar refractivity (Wildman–Crippen MR) is 66.8 cm³/mol. The van der Waals surface area contributed by atoms with Gasteiger partial charge in [0.15, 0.2) is 0 Å². The second-order valence-corrected chi connectivity index (χ2v) is 6.21. The van der Waals surface area contributed by atoms with Crippen LogP contribution >= 0.6 is 0 Å². The molecule has 0 aliphatic heterocycles. The molecule has 1 fully saturated rings. The van der Waals surface area contributed by atoms with E-state index in [1.807, 2.05) is 5.57 Å². The van der Waals surface area contributed by atoms with E-state index in [2.05, 4.69) is 27.7 Å². The fourth-order valence-electron chi connectivity index (χ4n) is 3.63. The summed E-state index contributed by atoms with van der Waals surface area (Å²) in [6, 6.07) is 0. The first kappa shape index (κ1) is 11.2. The molecule has 0 aromatic heterocycles. The Hall–Kier alpha value is -0.260. The van der Waals surface area contributed by atoms with Crippen LogP contribution in [0.2, 0.25) is 0 Å². The minimum Gasteiger partial charge on any atom is -0.0738 e. The van der Waals surface area contributed by atoms with E-state index in [4.69, 9.17) is 0 Å². The number of hydrogen-bond acceptors (Lipinski definition) is 0. The zero-order valence-corrected chi connectivity index (χ0v) is 10.8. The van der Waals surface area contributed by atoms with Crippen LogP contribution in [0.1, 0.15) is 59.8 Å². The van der Waals surface area contributed by atoms with Gasteiger partial charge in [0.05, 0.1) is 0 Å². The summed E-state index contributed by atoms with van der Waals surface area (Å²) < 4.78 is 0. The first-order valence-corrected chi connectivity index (χ1v) is 6.78. The molecular weight excluding hydrogens is 180 g/mol. The highest BCUT2D eigenvalue weighted by Gasteiger charge is 2.34. The van der Waals surface area contributed by atoms with E-state index in [1.54, 1.807) is 5.57 Å². The van der Waals surface area contributed by atoms with Gasteiger partial charge in [0.1, 0.15) is 0 Å². The van der Waals surface area contributed by atoms with E-state index in [1.165, 1.54) is 32.1 Å². The molecule has 2 rings (SSSR count). The third-order valence-corrected chi connectivity index (χ3v) is 4.94. The first-order valence-electron chi connectivity index (χ1n) is 6.78. The molecule has 0 aromatic carbocycles. The summed E-state index contributed by atoms with van der Waals surface area (Å²) in [4.78, 5) is 0. The largest absolute Gasteiger partial charge is 0.0738 e. The third-order valence-electron chi connectivity index (χ3n) is 4.94. The summed E-state index contributed by atoms with van der Waals surface area (Å²) in [7, 11) is 0. The molecule has 3 atom stereocenters. The highest BCUT2D eigenvalue weighted by Crippen LogP contribution is 2.46. The van der Waals surface area contributed by atoms with Gasteiger partial charge in [-0.2, -0.15) is 0 Å². The van der Waals surface area contributed by atoms with E-state index in [9.17, 15) is 0 Å². The van der Waals surface area contributed by atoms with Crippen molar-refractivity contribution < 1.29 is 0 Å². The fourth-order valence-corrected chi connectivity index (χ4v) is 3.63. The Morgan fingerprint density at radius 2 is 1.87 bits per heavy atom. The highest BCUT2D eigenvalue weighted by molar-refractivity contribution is 5.21. The maximum atomic E-state index is 2.47. The Morgan fingerprint density at radius 3 is 2.53 bits per heavy atom. The predicted octanol–water partition coefficient (Wildman–Crippen LogP) is 4.81. The monoisotopic (exact) mass is 206 g/mol. The highest BCUT2D eigenvalue weighted by atomic mass is 14.4. The Bertz CT molecular complexity index is 259. The lowest BCUT2D eigenvalue weighted by molar-refractivity contribution is 0.280. The summed E-state index contributed by atoms with van der Waals surface area (Å²) in [6.45, 7) is 9.67. The normalized spacial score (nSPS) is 37.0. The van der Waals surface area contributed by atoms with Crippen LogP contribution in [0.15, 0.2) is 11.1 Å². The standard InChI is InChI=1S/C15H26/c1-10(2)13-7-5-11(3)14-8-6-12(4)15(14)9-13/h10,12-13,15H,5-9H2,1-4H3/t12-,13+,15+/m1/s1. The zero-order chi connectivity index (χ0) is 11.0. The molecule has 86 valence electrons. The van der Waals surface area contributed by atoms with E-state index < -0.39 is 0 Å². The number of fused-ring (bicyclic) bond motifs is 1. The summed E-state index contributed by atoms with van der Waals surface area (Å²) in [5.41, 5.74) is 3.60. The lowest BCUT2D eigenvalue weighted by Crippen LogP contribution is -2.15. The van der Waals surface area contributed by atoms with Crippen molar-refractivity contribution >= 4 is 0 Å². The summed E-state index contributed by atoms with van der Waals surface area (Å²) >= 11 is 0. The Kier molecular flexibility index (Phi) is 3.23. The molecule has 2 aliphatic rings. The topological polar surface area (TPSA) is 0 Å². The van der Waals surface area contributed by atoms with Crippen molar-refractivity contribution in [2.75, 3.05) is 0 Å². The van der Waals surface area contributed by atoms with Gasteiger partial charge >= 0.3 is 0 Å². The molecule has 0 bridgehead atoms. The summed E-state index contributed by atoms with van der Waals surface area (Å²) in [5.74, 6) is 3.75. The Balaban J connectivity index is 2.18. The minimum absolute atomic E-state index is 0.880. The van der Waals surface area contributed by atoms with Gasteiger partial charge in [-0.25, -0.2) is 0 Å². The molecule has 2 aliphatic carbocycles. The maximum Gasteiger partial charge on any atom is -0.0172 e. The molecule has 0 radical (unpaired) electrons. The average Bonchev–Trinajstić information content (AvgIpc) is 2.43. The lowest BCUT2D eigenvalue weighted by Gasteiger charge is -2.24. The van der Waals surface area contributed by atoms with Crippen LogP contribution in [0.3, 0.4) is 0 Å². The zero-order valence-electron chi connectivity index (χ0n) is 10.8. The van der Waals surface area contributed by atoms with Crippen LogP contribution in [0, 0.1) is 23.7 Å². The molecule has 0 heterocycles. The summed E-state index contributed by atoms with van der Waals surface area (Å²) in [5, 5.41) is 0. The van der Waals surface area contributed by atoms with Gasteiger partial charge in [0, 0.05) is 0 Å². The molecule has 0 saturated heterocycles. The van der Waals surface area contributed by atoms with E-state index in [0.717, 1.165) is 23.7 Å². The van der Waals surface area contributed by atoms with Crippen molar-refractivity contribution in [1.29, 1.82) is 0 Å². The van der Waals surface area contributed by atoms with Crippen molar-refractivity contribution in [1.82, 2.24) is 0 Å². The Labute approximate surface area is 95.1 Å². The fraction of sp³-hybridized carbons (Fsp3) is 0.867.